The van der Waals surface area contributed by atoms with E-state index in [9.17, 15) is 5.11 Å². The third-order valence-electron chi connectivity index (χ3n) is 3.77. The van der Waals surface area contributed by atoms with Gasteiger partial charge in [0.15, 0.2) is 12.2 Å². The van der Waals surface area contributed by atoms with Gasteiger partial charge in [0.05, 0.1) is 6.10 Å². The lowest BCUT2D eigenvalue weighted by atomic mass is 9.94. The van der Waals surface area contributed by atoms with E-state index in [0.29, 0.717) is 0 Å². The van der Waals surface area contributed by atoms with Gasteiger partial charge in [-0.3, -0.25) is 0 Å². The number of ether oxygens (including phenoxy) is 1. The molecule has 0 saturated heterocycles. The molecule has 2 aromatic carbocycles. The van der Waals surface area contributed by atoms with Gasteiger partial charge in [-0.05, 0) is 5.56 Å². The molecule has 0 bridgehead atoms. The molecule has 0 amide bonds. The predicted octanol–water partition coefficient (Wildman–Crippen LogP) is 3.15. The zero-order chi connectivity index (χ0) is 15.4. The van der Waals surface area contributed by atoms with Gasteiger partial charge in [0.25, 0.3) is 0 Å². The highest BCUT2D eigenvalue weighted by atomic mass is 16.6. The summed E-state index contributed by atoms with van der Waals surface area (Å²) in [6.07, 6.45) is 4.12. The molecule has 0 saturated carbocycles. The van der Waals surface area contributed by atoms with Crippen molar-refractivity contribution in [1.82, 2.24) is 0 Å². The standard InChI is InChI=1S/C19H19NO2/c1-2-13-20-14-17(21)22-19(16-11-7-4-8-12-16)18(20)15-9-5-3-6-10-15/h3-14,18-19H,2H2,1H3/t18-,19+/m0/s1. The first-order chi connectivity index (χ1) is 10.8. The van der Waals surface area contributed by atoms with Crippen molar-refractivity contribution >= 4 is 6.21 Å². The Morgan fingerprint density at radius 3 is 2.18 bits per heavy atom. The van der Waals surface area contributed by atoms with Gasteiger partial charge >= 0.3 is 0 Å². The van der Waals surface area contributed by atoms with Crippen LogP contribution in [-0.2, 0) is 4.74 Å². The normalized spacial score (nSPS) is 23.0. The van der Waals surface area contributed by atoms with Crippen LogP contribution < -0.4 is 5.11 Å². The molecular formula is C19H19NO2. The maximum Gasteiger partial charge on any atom is 0.199 e. The van der Waals surface area contributed by atoms with Crippen LogP contribution in [-0.4, -0.2) is 10.8 Å². The second-order valence-corrected chi connectivity index (χ2v) is 5.29. The first kappa shape index (κ1) is 14.4. The third-order valence-corrected chi connectivity index (χ3v) is 3.77. The van der Waals surface area contributed by atoms with Gasteiger partial charge in [-0.1, -0.05) is 67.6 Å². The van der Waals surface area contributed by atoms with Gasteiger partial charge in [0, 0.05) is 12.0 Å². The fourth-order valence-electron chi connectivity index (χ4n) is 2.85. The number of hydrogen-bond acceptors (Lipinski definition) is 2. The van der Waals surface area contributed by atoms with E-state index in [0.717, 1.165) is 17.5 Å². The van der Waals surface area contributed by atoms with Crippen LogP contribution in [0.15, 0.2) is 72.8 Å². The molecular weight excluding hydrogens is 274 g/mol. The van der Waals surface area contributed by atoms with Gasteiger partial charge in [-0.2, -0.15) is 4.58 Å². The van der Waals surface area contributed by atoms with Crippen LogP contribution in [0.5, 0.6) is 0 Å². The van der Waals surface area contributed by atoms with Crippen molar-refractivity contribution in [3.05, 3.63) is 83.9 Å². The van der Waals surface area contributed by atoms with Crippen molar-refractivity contribution in [2.45, 2.75) is 25.5 Å². The summed E-state index contributed by atoms with van der Waals surface area (Å²) in [5, 5.41) is 12.0. The topological polar surface area (TPSA) is 35.3 Å². The Kier molecular flexibility index (Phi) is 4.24. The fraction of sp³-hybridized carbons (Fsp3) is 0.211. The molecule has 2 aromatic rings. The molecule has 112 valence electrons. The molecule has 22 heavy (non-hydrogen) atoms. The molecule has 0 fully saturated rings. The molecule has 3 rings (SSSR count). The summed E-state index contributed by atoms with van der Waals surface area (Å²) in [4.78, 5) is 0. The Hall–Kier alpha value is -2.55. The fourth-order valence-corrected chi connectivity index (χ4v) is 2.85. The molecule has 3 heteroatoms. The zero-order valence-electron chi connectivity index (χ0n) is 12.6. The maximum absolute atomic E-state index is 12.0. The summed E-state index contributed by atoms with van der Waals surface area (Å²) in [5.41, 5.74) is 2.14. The van der Waals surface area contributed by atoms with Gasteiger partial charge in [-0.25, -0.2) is 0 Å². The molecule has 1 heterocycles. The van der Waals surface area contributed by atoms with Crippen LogP contribution >= 0.6 is 0 Å². The van der Waals surface area contributed by atoms with E-state index >= 15 is 0 Å². The first-order valence-corrected chi connectivity index (χ1v) is 7.55. The Morgan fingerprint density at radius 2 is 1.59 bits per heavy atom. The Morgan fingerprint density at radius 1 is 1.00 bits per heavy atom. The lowest BCUT2D eigenvalue weighted by Gasteiger charge is -2.35. The maximum atomic E-state index is 12.0. The highest BCUT2D eigenvalue weighted by Gasteiger charge is 2.34. The van der Waals surface area contributed by atoms with E-state index in [-0.39, 0.29) is 18.1 Å². The summed E-state index contributed by atoms with van der Waals surface area (Å²) < 4.78 is 7.64. The van der Waals surface area contributed by atoms with Crippen molar-refractivity contribution in [1.29, 1.82) is 0 Å². The van der Waals surface area contributed by atoms with Crippen LogP contribution in [0.25, 0.3) is 0 Å². The number of nitrogens with zero attached hydrogens (tertiary/aromatic N) is 1. The molecule has 0 unspecified atom stereocenters. The van der Waals surface area contributed by atoms with E-state index in [1.165, 1.54) is 0 Å². The van der Waals surface area contributed by atoms with Crippen LogP contribution in [0.4, 0.5) is 0 Å². The molecule has 3 nitrogen and oxygen atoms in total. The van der Waals surface area contributed by atoms with Crippen molar-refractivity contribution in [3.8, 4) is 0 Å². The summed E-state index contributed by atoms with van der Waals surface area (Å²) >= 11 is 0. The van der Waals surface area contributed by atoms with E-state index in [2.05, 4.69) is 19.1 Å². The molecule has 0 radical (unpaired) electrons. The van der Waals surface area contributed by atoms with Crippen molar-refractivity contribution in [3.63, 3.8) is 0 Å². The summed E-state index contributed by atoms with van der Waals surface area (Å²) in [6, 6.07) is 20.0. The number of rotatable bonds is 3. The average molecular weight is 293 g/mol. The summed E-state index contributed by atoms with van der Waals surface area (Å²) in [6.45, 7) is 2.06. The van der Waals surface area contributed by atoms with Crippen LogP contribution in [0.1, 0.15) is 36.6 Å². The van der Waals surface area contributed by atoms with Gasteiger partial charge in [0.2, 0.25) is 0 Å². The van der Waals surface area contributed by atoms with Crippen LogP contribution in [0.3, 0.4) is 0 Å². The Bertz CT molecular complexity index is 677. The average Bonchev–Trinajstić information content (AvgIpc) is 2.56. The molecule has 1 aliphatic rings. The van der Waals surface area contributed by atoms with E-state index in [4.69, 9.17) is 4.74 Å². The minimum Gasteiger partial charge on any atom is -0.594 e. The van der Waals surface area contributed by atoms with Gasteiger partial charge < -0.3 is 9.84 Å². The molecule has 2 atom stereocenters. The van der Waals surface area contributed by atoms with Crippen molar-refractivity contribution in [2.75, 3.05) is 0 Å². The van der Waals surface area contributed by atoms with E-state index in [1.54, 1.807) is 6.20 Å². The van der Waals surface area contributed by atoms with E-state index < -0.39 is 0 Å². The smallest absolute Gasteiger partial charge is 0.199 e. The molecule has 0 aliphatic carbocycles. The summed E-state index contributed by atoms with van der Waals surface area (Å²) in [7, 11) is 0. The third kappa shape index (κ3) is 2.89. The zero-order valence-corrected chi connectivity index (χ0v) is 12.6. The number of hydrogen-bond donors (Lipinski definition) is 0. The van der Waals surface area contributed by atoms with Gasteiger partial charge in [-0.15, -0.1) is 0 Å². The Labute approximate surface area is 130 Å². The lowest BCUT2D eigenvalue weighted by molar-refractivity contribution is -0.554. The molecule has 1 aliphatic heterocycles. The molecule has 0 N–H and O–H groups in total. The van der Waals surface area contributed by atoms with Crippen molar-refractivity contribution in [2.24, 2.45) is 0 Å². The monoisotopic (exact) mass is 293 g/mol. The highest BCUT2D eigenvalue weighted by molar-refractivity contribution is 5.51. The SMILES string of the molecule is CCC=[N+]1C=C([O-])O[C@H](c2ccccc2)[C@@H]1c1ccccc1. The minimum absolute atomic E-state index is 0.0405. The van der Waals surface area contributed by atoms with E-state index in [1.807, 2.05) is 59.3 Å². The second-order valence-electron chi connectivity index (χ2n) is 5.29. The minimum atomic E-state index is -0.316. The second kappa shape index (κ2) is 6.48. The number of benzene rings is 2. The predicted molar refractivity (Wildman–Crippen MR) is 84.1 cm³/mol. The van der Waals surface area contributed by atoms with Crippen LogP contribution in [0, 0.1) is 0 Å². The van der Waals surface area contributed by atoms with Crippen molar-refractivity contribution < 1.29 is 14.4 Å². The summed E-state index contributed by atoms with van der Waals surface area (Å²) in [5.74, 6) is -0.300. The quantitative estimate of drug-likeness (QED) is 0.815. The molecule has 0 spiro atoms. The Balaban J connectivity index is 2.10. The van der Waals surface area contributed by atoms with Gasteiger partial charge in [0.1, 0.15) is 12.2 Å². The first-order valence-electron chi connectivity index (χ1n) is 7.55. The largest absolute Gasteiger partial charge is 0.594 e. The van der Waals surface area contributed by atoms with Crippen LogP contribution in [0.2, 0.25) is 0 Å². The molecule has 0 aromatic heterocycles. The lowest BCUT2D eigenvalue weighted by Crippen LogP contribution is -2.31. The highest BCUT2D eigenvalue weighted by Crippen LogP contribution is 2.38.